The number of hydrogen-bond donors (Lipinski definition) is 0. The van der Waals surface area contributed by atoms with E-state index in [1.807, 2.05) is 23.6 Å². The number of carbonyl (C=O) groups excluding carboxylic acids is 1. The Bertz CT molecular complexity index is 804. The molecule has 1 fully saturated rings. The van der Waals surface area contributed by atoms with Gasteiger partial charge in [0.1, 0.15) is 0 Å². The van der Waals surface area contributed by atoms with Crippen molar-refractivity contribution in [2.24, 2.45) is 0 Å². The van der Waals surface area contributed by atoms with E-state index in [4.69, 9.17) is 16.0 Å². The summed E-state index contributed by atoms with van der Waals surface area (Å²) in [6, 6.07) is 5.28. The minimum atomic E-state index is -0.390. The van der Waals surface area contributed by atoms with Gasteiger partial charge >= 0.3 is 11.8 Å². The summed E-state index contributed by atoms with van der Waals surface area (Å²) in [7, 11) is 0. The zero-order chi connectivity index (χ0) is 18.0. The summed E-state index contributed by atoms with van der Waals surface area (Å²) in [5.74, 6) is -0.390. The van der Waals surface area contributed by atoms with Crippen LogP contribution in [-0.4, -0.2) is 64.6 Å². The van der Waals surface area contributed by atoms with Gasteiger partial charge in [0, 0.05) is 50.4 Å². The molecule has 3 rings (SSSR count). The van der Waals surface area contributed by atoms with Gasteiger partial charge < -0.3 is 14.2 Å². The molecule has 0 atom stereocenters. The maximum absolute atomic E-state index is 12.4. The number of hydrogen-bond acceptors (Lipinski definition) is 4. The largest absolute Gasteiger partial charge is 0.421 e. The fourth-order valence-electron chi connectivity index (χ4n) is 3.15. The second kappa shape index (κ2) is 7.49. The third kappa shape index (κ3) is 3.67. The van der Waals surface area contributed by atoms with E-state index in [1.54, 1.807) is 22.8 Å². The first-order valence-electron chi connectivity index (χ1n) is 8.58. The van der Waals surface area contributed by atoms with Crippen molar-refractivity contribution in [1.29, 1.82) is 0 Å². The molecule has 0 saturated carbocycles. The summed E-state index contributed by atoms with van der Waals surface area (Å²) in [6.07, 6.45) is 0. The number of amides is 2. The summed E-state index contributed by atoms with van der Waals surface area (Å²) in [5.41, 5.74) is 1.23. The molecule has 0 aliphatic carbocycles. The summed E-state index contributed by atoms with van der Waals surface area (Å²) in [5, 5.41) is 0.539. The maximum Gasteiger partial charge on any atom is 0.421 e. The van der Waals surface area contributed by atoms with Crippen molar-refractivity contribution >= 4 is 28.7 Å². The van der Waals surface area contributed by atoms with E-state index < -0.39 is 0 Å². The van der Waals surface area contributed by atoms with Crippen LogP contribution in [0.4, 0.5) is 4.79 Å². The number of nitrogens with zero attached hydrogens (tertiary/aromatic N) is 4. The third-order valence-electron chi connectivity index (χ3n) is 4.65. The number of benzene rings is 1. The highest BCUT2D eigenvalue weighted by atomic mass is 35.5. The van der Waals surface area contributed by atoms with Crippen molar-refractivity contribution in [3.63, 3.8) is 0 Å². The first-order chi connectivity index (χ1) is 12.0. The second-order valence-corrected chi connectivity index (χ2v) is 6.55. The molecule has 1 aliphatic heterocycles. The molecular weight excluding hydrogens is 344 g/mol. The first-order valence-corrected chi connectivity index (χ1v) is 8.96. The maximum atomic E-state index is 12.4. The van der Waals surface area contributed by atoms with Crippen LogP contribution in [0.2, 0.25) is 5.02 Å². The first kappa shape index (κ1) is 17.8. The van der Waals surface area contributed by atoms with Gasteiger partial charge in [0.25, 0.3) is 0 Å². The molecule has 0 spiro atoms. The zero-order valence-electron chi connectivity index (χ0n) is 14.6. The molecule has 2 aromatic rings. The van der Waals surface area contributed by atoms with Crippen LogP contribution in [0, 0.1) is 0 Å². The topological polar surface area (TPSA) is 61.9 Å². The summed E-state index contributed by atoms with van der Waals surface area (Å²) in [6.45, 7) is 8.61. The molecule has 8 heteroatoms. The lowest BCUT2D eigenvalue weighted by Gasteiger charge is -2.37. The van der Waals surface area contributed by atoms with Gasteiger partial charge in [0.15, 0.2) is 5.58 Å². The standard InChI is InChI=1S/C17H23ClN4O3/c1-3-20(4-2)16(23)21-9-7-19(8-10-21)12-22-14-6-5-13(18)11-15(14)25-17(22)24/h5-6,11H,3-4,7-10,12H2,1-2H3. The number of oxazole rings is 1. The highest BCUT2D eigenvalue weighted by molar-refractivity contribution is 6.31. The Balaban J connectivity index is 1.66. The Morgan fingerprint density at radius 1 is 1.20 bits per heavy atom. The quantitative estimate of drug-likeness (QED) is 0.832. The van der Waals surface area contributed by atoms with Gasteiger partial charge in [-0.25, -0.2) is 9.59 Å². The van der Waals surface area contributed by atoms with Crippen LogP contribution in [0.5, 0.6) is 0 Å². The summed E-state index contributed by atoms with van der Waals surface area (Å²) < 4.78 is 6.87. The molecule has 0 radical (unpaired) electrons. The number of rotatable bonds is 4. The van der Waals surface area contributed by atoms with Crippen molar-refractivity contribution in [3.05, 3.63) is 33.8 Å². The summed E-state index contributed by atoms with van der Waals surface area (Å²) in [4.78, 5) is 30.4. The number of fused-ring (bicyclic) bond motifs is 1. The van der Waals surface area contributed by atoms with Gasteiger partial charge in [0.05, 0.1) is 12.2 Å². The Hall–Kier alpha value is -1.99. The molecule has 2 heterocycles. The Morgan fingerprint density at radius 2 is 1.88 bits per heavy atom. The molecule has 1 aromatic carbocycles. The molecule has 0 bridgehead atoms. The number of piperazine rings is 1. The normalized spacial score (nSPS) is 15.7. The molecule has 136 valence electrons. The molecule has 7 nitrogen and oxygen atoms in total. The van der Waals surface area contributed by atoms with E-state index in [2.05, 4.69) is 4.90 Å². The third-order valence-corrected chi connectivity index (χ3v) is 4.88. The molecule has 1 aliphatic rings. The van der Waals surface area contributed by atoms with Crippen LogP contribution >= 0.6 is 11.6 Å². The predicted octanol–water partition coefficient (Wildman–Crippen LogP) is 2.28. The molecule has 2 amide bonds. The van der Waals surface area contributed by atoms with Crippen LogP contribution in [-0.2, 0) is 6.67 Å². The highest BCUT2D eigenvalue weighted by Gasteiger charge is 2.24. The van der Waals surface area contributed by atoms with Gasteiger partial charge in [-0.1, -0.05) is 11.6 Å². The van der Waals surface area contributed by atoms with Crippen LogP contribution in [0.3, 0.4) is 0 Å². The van der Waals surface area contributed by atoms with Gasteiger partial charge in [-0.05, 0) is 26.0 Å². The fourth-order valence-corrected chi connectivity index (χ4v) is 3.31. The van der Waals surface area contributed by atoms with Gasteiger partial charge in [-0.3, -0.25) is 9.47 Å². The van der Waals surface area contributed by atoms with Gasteiger partial charge in [-0.2, -0.15) is 0 Å². The van der Waals surface area contributed by atoms with Crippen LogP contribution in [0.1, 0.15) is 13.8 Å². The lowest BCUT2D eigenvalue weighted by Crippen LogP contribution is -2.53. The van der Waals surface area contributed by atoms with E-state index in [-0.39, 0.29) is 11.8 Å². The van der Waals surface area contributed by atoms with E-state index in [9.17, 15) is 9.59 Å². The van der Waals surface area contributed by atoms with Crippen molar-refractivity contribution in [2.75, 3.05) is 39.3 Å². The number of urea groups is 1. The Morgan fingerprint density at radius 3 is 2.52 bits per heavy atom. The number of aromatic nitrogens is 1. The average Bonchev–Trinajstić information content (AvgIpc) is 2.91. The van der Waals surface area contributed by atoms with E-state index in [0.29, 0.717) is 43.5 Å². The van der Waals surface area contributed by atoms with Gasteiger partial charge in [-0.15, -0.1) is 0 Å². The van der Waals surface area contributed by atoms with Crippen LogP contribution < -0.4 is 5.76 Å². The van der Waals surface area contributed by atoms with Crippen molar-refractivity contribution in [3.8, 4) is 0 Å². The van der Waals surface area contributed by atoms with E-state index in [1.165, 1.54) is 0 Å². The molecule has 1 aromatic heterocycles. The molecule has 0 unspecified atom stereocenters. The second-order valence-electron chi connectivity index (χ2n) is 6.11. The lowest BCUT2D eigenvalue weighted by atomic mass is 10.3. The minimum absolute atomic E-state index is 0.0882. The molecule has 25 heavy (non-hydrogen) atoms. The predicted molar refractivity (Wildman–Crippen MR) is 96.9 cm³/mol. The number of halogens is 1. The van der Waals surface area contributed by atoms with Crippen LogP contribution in [0.15, 0.2) is 27.4 Å². The fraction of sp³-hybridized carbons (Fsp3) is 0.529. The average molecular weight is 367 g/mol. The van der Waals surface area contributed by atoms with Crippen molar-refractivity contribution in [1.82, 2.24) is 19.3 Å². The zero-order valence-corrected chi connectivity index (χ0v) is 15.3. The Labute approximate surface area is 151 Å². The minimum Gasteiger partial charge on any atom is -0.408 e. The van der Waals surface area contributed by atoms with E-state index >= 15 is 0 Å². The molecular formula is C17H23ClN4O3. The van der Waals surface area contributed by atoms with Crippen LogP contribution in [0.25, 0.3) is 11.1 Å². The summed E-state index contributed by atoms with van der Waals surface area (Å²) >= 11 is 5.94. The Kier molecular flexibility index (Phi) is 5.34. The van der Waals surface area contributed by atoms with Crippen molar-refractivity contribution in [2.45, 2.75) is 20.5 Å². The molecule has 1 saturated heterocycles. The monoisotopic (exact) mass is 366 g/mol. The number of carbonyl (C=O) groups is 1. The van der Waals surface area contributed by atoms with E-state index in [0.717, 1.165) is 18.6 Å². The van der Waals surface area contributed by atoms with Gasteiger partial charge in [0.2, 0.25) is 0 Å². The lowest BCUT2D eigenvalue weighted by molar-refractivity contribution is 0.0995. The highest BCUT2D eigenvalue weighted by Crippen LogP contribution is 2.19. The van der Waals surface area contributed by atoms with Crippen molar-refractivity contribution < 1.29 is 9.21 Å². The molecule has 0 N–H and O–H groups in total. The SMILES string of the molecule is CCN(CC)C(=O)N1CCN(Cn2c(=O)oc3cc(Cl)ccc32)CC1. The smallest absolute Gasteiger partial charge is 0.408 e.